The molecule has 0 unspecified atom stereocenters. The molecule has 0 atom stereocenters. The predicted molar refractivity (Wildman–Crippen MR) is 53.2 cm³/mol. The summed E-state index contributed by atoms with van der Waals surface area (Å²) in [5.41, 5.74) is 1.65. The van der Waals surface area contributed by atoms with Crippen LogP contribution in [0.15, 0.2) is 5.57 Å². The summed E-state index contributed by atoms with van der Waals surface area (Å²) in [6, 6.07) is 0. The zero-order valence-electron chi connectivity index (χ0n) is 9.52. The number of hydrogen-bond acceptors (Lipinski definition) is 0. The maximum absolute atomic E-state index is 3.12. The maximum atomic E-state index is 3.12. The number of allylic oxidation sites excluding steroid dienone is 2. The van der Waals surface area contributed by atoms with Gasteiger partial charge in [-0.1, -0.05) is 27.7 Å². The Hall–Kier alpha value is 0.324. The molecule has 1 heteroatoms. The third-order valence-corrected chi connectivity index (χ3v) is 1.50. The average molecular weight is 205 g/mol. The maximum Gasteiger partial charge on any atom is 2.00 e. The molecule has 0 aliphatic rings. The number of hydrogen-bond donors (Lipinski definition) is 0. The fourth-order valence-electron chi connectivity index (χ4n) is 0.375. The fraction of sp³-hybridized carbons (Fsp3) is 0.727. The summed E-state index contributed by atoms with van der Waals surface area (Å²) in [6.07, 6.45) is 5.12. The van der Waals surface area contributed by atoms with Crippen LogP contribution in [0.2, 0.25) is 0 Å². The molecule has 0 fully saturated rings. The van der Waals surface area contributed by atoms with E-state index in [0.717, 1.165) is 0 Å². The molecule has 0 saturated carbocycles. The fourth-order valence-corrected chi connectivity index (χ4v) is 0.375. The van der Waals surface area contributed by atoms with Gasteiger partial charge in [0.05, 0.1) is 0 Å². The molecule has 0 aromatic carbocycles. The quantitative estimate of drug-likeness (QED) is 0.524. The molecule has 0 nitrogen and oxygen atoms in total. The molecule has 0 aliphatic heterocycles. The van der Waals surface area contributed by atoms with Crippen LogP contribution in [0.1, 0.15) is 48.5 Å². The standard InChI is InChI=1S/C8H15.C3H7.V/c1-6-7(2)8(3,4)5;1-3-2;/h1-5H3;3H,1-2H3;/q2*-1;+2. The van der Waals surface area contributed by atoms with Crippen LogP contribution in [0.4, 0.5) is 0 Å². The summed E-state index contributed by atoms with van der Waals surface area (Å²) in [5, 5.41) is 0. The second-order valence-electron chi connectivity index (χ2n) is 3.70. The summed E-state index contributed by atoms with van der Waals surface area (Å²) < 4.78 is 0. The Balaban J connectivity index is -0.000000177. The molecule has 0 spiro atoms. The molecule has 0 aromatic rings. The molecule has 0 bridgehead atoms. The molecule has 0 rings (SSSR count). The first-order valence-corrected chi connectivity index (χ1v) is 4.15. The van der Waals surface area contributed by atoms with Gasteiger partial charge in [-0.3, -0.25) is 5.57 Å². The van der Waals surface area contributed by atoms with E-state index in [0.29, 0.717) is 5.41 Å². The van der Waals surface area contributed by atoms with E-state index in [1.807, 2.05) is 27.2 Å². The van der Waals surface area contributed by atoms with Gasteiger partial charge in [0, 0.05) is 0 Å². The molecule has 0 aliphatic carbocycles. The van der Waals surface area contributed by atoms with Gasteiger partial charge in [-0.25, -0.2) is 0 Å². The van der Waals surface area contributed by atoms with Crippen LogP contribution in [0.5, 0.6) is 0 Å². The van der Waals surface area contributed by atoms with E-state index in [1.165, 1.54) is 5.57 Å². The molecular formula is C11H22V. The van der Waals surface area contributed by atoms with Gasteiger partial charge in [-0.15, -0.1) is 0 Å². The Morgan fingerprint density at radius 1 is 1.17 bits per heavy atom. The Morgan fingerprint density at radius 3 is 1.42 bits per heavy atom. The van der Waals surface area contributed by atoms with Crippen molar-refractivity contribution >= 4 is 0 Å². The topological polar surface area (TPSA) is 0 Å². The van der Waals surface area contributed by atoms with Crippen molar-refractivity contribution in [2.24, 2.45) is 5.41 Å². The van der Waals surface area contributed by atoms with E-state index in [9.17, 15) is 0 Å². The monoisotopic (exact) mass is 205 g/mol. The van der Waals surface area contributed by atoms with Crippen LogP contribution in [0.25, 0.3) is 0 Å². The van der Waals surface area contributed by atoms with E-state index >= 15 is 0 Å². The van der Waals surface area contributed by atoms with Crippen molar-refractivity contribution < 1.29 is 18.6 Å². The number of rotatable bonds is 0. The van der Waals surface area contributed by atoms with Gasteiger partial charge in [-0.05, 0) is 5.41 Å². The molecule has 0 N–H and O–H groups in total. The first-order valence-electron chi connectivity index (χ1n) is 4.15. The molecule has 12 heavy (non-hydrogen) atoms. The van der Waals surface area contributed by atoms with Gasteiger partial charge in [0.1, 0.15) is 0 Å². The van der Waals surface area contributed by atoms with E-state index in [4.69, 9.17) is 0 Å². The first kappa shape index (κ1) is 18.2. The summed E-state index contributed by atoms with van der Waals surface area (Å²) in [4.78, 5) is 0. The summed E-state index contributed by atoms with van der Waals surface area (Å²) >= 11 is 0. The summed E-state index contributed by atoms with van der Waals surface area (Å²) in [6.45, 7) is 14.6. The second kappa shape index (κ2) is 9.41. The van der Waals surface area contributed by atoms with Gasteiger partial charge in [0.2, 0.25) is 0 Å². The largest absolute Gasteiger partial charge is 2.00 e. The minimum Gasteiger partial charge on any atom is -0.500 e. The molecule has 71 valence electrons. The van der Waals surface area contributed by atoms with Crippen LogP contribution >= 0.6 is 0 Å². The first-order chi connectivity index (χ1) is 4.90. The minimum absolute atomic E-state index is 0. The van der Waals surface area contributed by atoms with E-state index in [2.05, 4.69) is 33.8 Å². The second-order valence-corrected chi connectivity index (χ2v) is 3.70. The zero-order valence-corrected chi connectivity index (χ0v) is 10.9. The van der Waals surface area contributed by atoms with E-state index < -0.39 is 0 Å². The van der Waals surface area contributed by atoms with Crippen molar-refractivity contribution in [3.05, 3.63) is 18.1 Å². The molecule has 0 heterocycles. The van der Waals surface area contributed by atoms with Gasteiger partial charge in [0.15, 0.2) is 0 Å². The van der Waals surface area contributed by atoms with Crippen LogP contribution in [-0.4, -0.2) is 0 Å². The van der Waals surface area contributed by atoms with Crippen LogP contribution in [-0.2, 0) is 18.6 Å². The average Bonchev–Trinajstić information content (AvgIpc) is 1.86. The third kappa shape index (κ3) is 13.0. The molecule has 0 aromatic heterocycles. The Morgan fingerprint density at radius 2 is 1.42 bits per heavy atom. The van der Waals surface area contributed by atoms with Crippen molar-refractivity contribution in [2.45, 2.75) is 48.5 Å². The van der Waals surface area contributed by atoms with E-state index in [1.54, 1.807) is 0 Å². The smallest absolute Gasteiger partial charge is 0.500 e. The molecule has 1 radical (unpaired) electrons. The van der Waals surface area contributed by atoms with Gasteiger partial charge in [0.25, 0.3) is 0 Å². The van der Waals surface area contributed by atoms with Crippen LogP contribution < -0.4 is 0 Å². The molecular weight excluding hydrogens is 183 g/mol. The van der Waals surface area contributed by atoms with Crippen molar-refractivity contribution in [1.82, 2.24) is 0 Å². The normalized spacial score (nSPS) is 11.1. The minimum atomic E-state index is 0. The van der Waals surface area contributed by atoms with Gasteiger partial charge < -0.3 is 12.5 Å². The van der Waals surface area contributed by atoms with Crippen molar-refractivity contribution in [3.63, 3.8) is 0 Å². The summed E-state index contributed by atoms with van der Waals surface area (Å²) in [7, 11) is 0. The van der Waals surface area contributed by atoms with Gasteiger partial charge in [-0.2, -0.15) is 20.8 Å². The van der Waals surface area contributed by atoms with Gasteiger partial charge >= 0.3 is 18.6 Å². The Kier molecular flexibility index (Phi) is 14.3. The van der Waals surface area contributed by atoms with Crippen LogP contribution in [0, 0.1) is 17.9 Å². The SMILES string of the molecule is C[C-]=C(C)C(C)(C)C.C[CH-]C.[V+2]. The van der Waals surface area contributed by atoms with Crippen LogP contribution in [0.3, 0.4) is 0 Å². The zero-order chi connectivity index (χ0) is 9.49. The predicted octanol–water partition coefficient (Wildman–Crippen LogP) is 4.03. The van der Waals surface area contributed by atoms with Crippen molar-refractivity contribution in [3.8, 4) is 0 Å². The third-order valence-electron chi connectivity index (χ3n) is 1.50. The van der Waals surface area contributed by atoms with Crippen molar-refractivity contribution in [2.75, 3.05) is 0 Å². The molecule has 0 amide bonds. The van der Waals surface area contributed by atoms with E-state index in [-0.39, 0.29) is 18.6 Å². The Labute approximate surface area is 90.7 Å². The molecule has 0 saturated heterocycles. The van der Waals surface area contributed by atoms with Crippen molar-refractivity contribution in [1.29, 1.82) is 0 Å². The Bertz CT molecular complexity index is 107. The summed E-state index contributed by atoms with van der Waals surface area (Å²) in [5.74, 6) is 0.